The molecule has 7 heteroatoms. The highest BCUT2D eigenvalue weighted by atomic mass is 19.1. The monoisotopic (exact) mass is 364 g/mol. The molecule has 0 N–H and O–H groups in total. The Morgan fingerprint density at radius 2 is 1.63 bits per heavy atom. The third-order valence-electron chi connectivity index (χ3n) is 4.74. The Hall–Kier alpha value is -3.48. The van der Waals surface area contributed by atoms with E-state index in [4.69, 9.17) is 0 Å². The predicted octanol–water partition coefficient (Wildman–Crippen LogP) is 2.82. The first kappa shape index (κ1) is 17.0. The smallest absolute Gasteiger partial charge is 0.295 e. The maximum absolute atomic E-state index is 13.1. The lowest BCUT2D eigenvalue weighted by atomic mass is 10.1. The summed E-state index contributed by atoms with van der Waals surface area (Å²) in [6.07, 6.45) is 1.75. The van der Waals surface area contributed by atoms with Crippen LogP contribution in [0.3, 0.4) is 0 Å². The second-order valence-electron chi connectivity index (χ2n) is 6.49. The van der Waals surface area contributed by atoms with Crippen LogP contribution in [0.4, 0.5) is 10.1 Å². The van der Waals surface area contributed by atoms with Crippen molar-refractivity contribution in [2.75, 3.05) is 5.01 Å². The van der Waals surface area contributed by atoms with Gasteiger partial charge in [0.25, 0.3) is 5.91 Å². The number of rotatable bonds is 2. The Bertz CT molecular complexity index is 1200. The van der Waals surface area contributed by atoms with Gasteiger partial charge in [0, 0.05) is 14.1 Å². The second kappa shape index (κ2) is 6.05. The van der Waals surface area contributed by atoms with Crippen molar-refractivity contribution in [2.45, 2.75) is 6.92 Å². The molecule has 0 unspecified atom stereocenters. The Kier molecular flexibility index (Phi) is 3.80. The molecule has 0 spiro atoms. The van der Waals surface area contributed by atoms with Gasteiger partial charge in [-0.15, -0.1) is 0 Å². The molecule has 2 aromatic carbocycles. The number of hydrogen-bond acceptors (Lipinski definition) is 3. The van der Waals surface area contributed by atoms with Crippen LogP contribution in [-0.2, 0) is 18.9 Å². The van der Waals surface area contributed by atoms with Crippen LogP contribution < -0.4 is 10.7 Å². The fraction of sp³-hybridized carbons (Fsp3) is 0.150. The highest BCUT2D eigenvalue weighted by Crippen LogP contribution is 2.26. The van der Waals surface area contributed by atoms with Gasteiger partial charge in [-0.1, -0.05) is 6.07 Å². The minimum atomic E-state index is -0.372. The molecule has 1 amide bonds. The summed E-state index contributed by atoms with van der Waals surface area (Å²) in [5, 5.41) is 5.56. The summed E-state index contributed by atoms with van der Waals surface area (Å²) in [5.74, 6) is -0.648. The highest BCUT2D eigenvalue weighted by Gasteiger charge is 2.28. The Labute approximate surface area is 154 Å². The van der Waals surface area contributed by atoms with E-state index >= 15 is 0 Å². The topological polar surface area (TPSA) is 59.6 Å². The zero-order valence-corrected chi connectivity index (χ0v) is 15.1. The number of hydrogen-bond donors (Lipinski definition) is 0. The van der Waals surface area contributed by atoms with Crippen molar-refractivity contribution in [1.29, 1.82) is 0 Å². The molecule has 2 heterocycles. The van der Waals surface area contributed by atoms with Crippen molar-refractivity contribution >= 4 is 34.4 Å². The van der Waals surface area contributed by atoms with Gasteiger partial charge < -0.3 is 0 Å². The third kappa shape index (κ3) is 2.68. The van der Waals surface area contributed by atoms with Crippen molar-refractivity contribution in [3.8, 4) is 0 Å². The SMILES string of the molecule is CC1=NN(c2ccc(F)cc2)C(=O)/C1=C\c1ccc2c(c1)n(C)c(=O)n2C. The van der Waals surface area contributed by atoms with Crippen molar-refractivity contribution in [3.05, 3.63) is 69.9 Å². The number of anilines is 1. The lowest BCUT2D eigenvalue weighted by molar-refractivity contribution is -0.114. The van der Waals surface area contributed by atoms with Gasteiger partial charge in [0.15, 0.2) is 0 Å². The minimum Gasteiger partial charge on any atom is -0.295 e. The number of halogens is 1. The Morgan fingerprint density at radius 3 is 2.33 bits per heavy atom. The Balaban J connectivity index is 1.74. The fourth-order valence-electron chi connectivity index (χ4n) is 3.22. The number of amides is 1. The van der Waals surface area contributed by atoms with Crippen molar-refractivity contribution in [1.82, 2.24) is 9.13 Å². The normalized spacial score (nSPS) is 15.9. The summed E-state index contributed by atoms with van der Waals surface area (Å²) >= 11 is 0. The molecule has 1 aliphatic rings. The summed E-state index contributed by atoms with van der Waals surface area (Å²) < 4.78 is 16.3. The maximum Gasteiger partial charge on any atom is 0.328 e. The molecule has 3 aromatic rings. The summed E-state index contributed by atoms with van der Waals surface area (Å²) in [5.41, 5.74) is 3.83. The van der Waals surface area contributed by atoms with Crippen LogP contribution >= 0.6 is 0 Å². The van der Waals surface area contributed by atoms with E-state index in [1.165, 1.54) is 29.3 Å². The average Bonchev–Trinajstić information content (AvgIpc) is 3.05. The molecule has 4 rings (SSSR count). The quantitative estimate of drug-likeness (QED) is 0.657. The zero-order valence-electron chi connectivity index (χ0n) is 15.1. The van der Waals surface area contributed by atoms with Crippen LogP contribution in [0.15, 0.2) is 57.9 Å². The number of aryl methyl sites for hydroxylation is 2. The molecule has 0 saturated carbocycles. The number of aromatic nitrogens is 2. The van der Waals surface area contributed by atoms with Crippen molar-refractivity contribution in [2.24, 2.45) is 19.2 Å². The minimum absolute atomic E-state index is 0.105. The van der Waals surface area contributed by atoms with E-state index in [-0.39, 0.29) is 17.4 Å². The van der Waals surface area contributed by atoms with Gasteiger partial charge in [-0.05, 0) is 55.0 Å². The van der Waals surface area contributed by atoms with Crippen LogP contribution in [0.5, 0.6) is 0 Å². The van der Waals surface area contributed by atoms with E-state index in [0.717, 1.165) is 16.6 Å². The molecule has 1 aliphatic heterocycles. The lowest BCUT2D eigenvalue weighted by Gasteiger charge is -2.11. The highest BCUT2D eigenvalue weighted by molar-refractivity contribution is 6.32. The number of carbonyl (C=O) groups excluding carboxylic acids is 1. The molecule has 0 bridgehead atoms. The maximum atomic E-state index is 13.1. The average molecular weight is 364 g/mol. The van der Waals surface area contributed by atoms with E-state index in [2.05, 4.69) is 5.10 Å². The van der Waals surface area contributed by atoms with Crippen molar-refractivity contribution in [3.63, 3.8) is 0 Å². The standard InChI is InChI=1S/C20H17FN4O2/c1-12-16(19(26)25(22-12)15-7-5-14(21)6-8-15)10-13-4-9-17-18(11-13)24(3)20(27)23(17)2/h4-11H,1-3H3/b16-10-. The Morgan fingerprint density at radius 1 is 0.963 bits per heavy atom. The molecule has 1 aromatic heterocycles. The number of nitrogens with zero attached hydrogens (tertiary/aromatic N) is 4. The van der Waals surface area contributed by atoms with Crippen LogP contribution in [0.1, 0.15) is 12.5 Å². The summed E-state index contributed by atoms with van der Waals surface area (Å²) in [6.45, 7) is 1.75. The molecule has 0 aliphatic carbocycles. The zero-order chi connectivity index (χ0) is 19.3. The van der Waals surface area contributed by atoms with Crippen LogP contribution in [-0.4, -0.2) is 20.8 Å². The van der Waals surface area contributed by atoms with E-state index in [9.17, 15) is 14.0 Å². The van der Waals surface area contributed by atoms with Crippen LogP contribution in [0, 0.1) is 5.82 Å². The summed E-state index contributed by atoms with van der Waals surface area (Å²) in [6, 6.07) is 11.2. The fourth-order valence-corrected chi connectivity index (χ4v) is 3.22. The molecular formula is C20H17FN4O2. The first-order chi connectivity index (χ1) is 12.9. The van der Waals surface area contributed by atoms with Gasteiger partial charge in [0.2, 0.25) is 0 Å². The van der Waals surface area contributed by atoms with Gasteiger partial charge in [-0.25, -0.2) is 9.18 Å². The largest absolute Gasteiger partial charge is 0.328 e. The molecule has 136 valence electrons. The molecule has 6 nitrogen and oxygen atoms in total. The molecular weight excluding hydrogens is 347 g/mol. The first-order valence-electron chi connectivity index (χ1n) is 8.39. The van der Waals surface area contributed by atoms with Gasteiger partial charge in [0.05, 0.1) is 28.0 Å². The van der Waals surface area contributed by atoms with Gasteiger partial charge in [-0.3, -0.25) is 13.9 Å². The molecule has 0 atom stereocenters. The van der Waals surface area contributed by atoms with Gasteiger partial charge >= 0.3 is 5.69 Å². The molecule has 0 saturated heterocycles. The second-order valence-corrected chi connectivity index (χ2v) is 6.49. The van der Waals surface area contributed by atoms with E-state index < -0.39 is 0 Å². The summed E-state index contributed by atoms with van der Waals surface area (Å²) in [7, 11) is 3.44. The number of hydrazone groups is 1. The lowest BCUT2D eigenvalue weighted by Crippen LogP contribution is -2.21. The van der Waals surface area contributed by atoms with E-state index in [0.29, 0.717) is 17.0 Å². The third-order valence-corrected chi connectivity index (χ3v) is 4.74. The van der Waals surface area contributed by atoms with E-state index in [1.807, 2.05) is 18.2 Å². The summed E-state index contributed by atoms with van der Waals surface area (Å²) in [4.78, 5) is 24.9. The number of benzene rings is 2. The van der Waals surface area contributed by atoms with Gasteiger partial charge in [-0.2, -0.15) is 10.1 Å². The van der Waals surface area contributed by atoms with Gasteiger partial charge in [0.1, 0.15) is 5.82 Å². The van der Waals surface area contributed by atoms with Crippen LogP contribution in [0.25, 0.3) is 17.1 Å². The van der Waals surface area contributed by atoms with Crippen molar-refractivity contribution < 1.29 is 9.18 Å². The molecule has 0 radical (unpaired) electrons. The number of imidazole rings is 1. The van der Waals surface area contributed by atoms with Crippen LogP contribution in [0.2, 0.25) is 0 Å². The van der Waals surface area contributed by atoms with E-state index in [1.54, 1.807) is 36.2 Å². The first-order valence-corrected chi connectivity index (χ1v) is 8.39. The predicted molar refractivity (Wildman–Crippen MR) is 103 cm³/mol. The molecule has 0 fully saturated rings. The molecule has 27 heavy (non-hydrogen) atoms. The number of fused-ring (bicyclic) bond motifs is 1. The number of carbonyl (C=O) groups is 1.